The fourth-order valence-corrected chi connectivity index (χ4v) is 5.10. The first-order chi connectivity index (χ1) is 16.8. The number of benzene rings is 1. The average molecular weight is 542 g/mol. The molecule has 1 aromatic carbocycles. The molecule has 0 bridgehead atoms. The second-order valence-electron chi connectivity index (χ2n) is 8.35. The number of aromatic nitrogens is 2. The van der Waals surface area contributed by atoms with E-state index in [2.05, 4.69) is 5.09 Å². The third-order valence-corrected chi connectivity index (χ3v) is 7.08. The lowest BCUT2D eigenvalue weighted by molar-refractivity contribution is -0.149. The van der Waals surface area contributed by atoms with Gasteiger partial charge in [-0.3, -0.25) is 23.7 Å². The first kappa shape index (κ1) is 28.2. The van der Waals surface area contributed by atoms with E-state index in [4.69, 9.17) is 38.0 Å². The molecule has 36 heavy (non-hydrogen) atoms. The second-order valence-corrected chi connectivity index (χ2v) is 10.7. The number of halogens is 1. The number of alkyl halides is 1. The largest absolute Gasteiger partial charge is 0.462 e. The SMILES string of the molecule is [B][C@]1(Cl)[C@H](O)[C@@H](COP(=O)(N[C@@H](C)C(=O)OC(C)C)Oc2ccccc2)O[C@H]1n1ccc(=O)[nH]c1=O. The van der Waals surface area contributed by atoms with Gasteiger partial charge in [-0.05, 0) is 32.9 Å². The first-order valence-corrected chi connectivity index (χ1v) is 12.8. The van der Waals surface area contributed by atoms with E-state index in [-0.39, 0.29) is 5.75 Å². The van der Waals surface area contributed by atoms with Gasteiger partial charge in [-0.25, -0.2) is 9.36 Å². The molecule has 1 saturated heterocycles. The molecule has 0 aliphatic carbocycles. The summed E-state index contributed by atoms with van der Waals surface area (Å²) in [5.74, 6) is -0.518. The number of H-pyrrole nitrogens is 1. The van der Waals surface area contributed by atoms with Crippen LogP contribution in [0.3, 0.4) is 0 Å². The van der Waals surface area contributed by atoms with Crippen molar-refractivity contribution in [3.63, 3.8) is 0 Å². The molecule has 2 heterocycles. The number of aromatic amines is 1. The maximum absolute atomic E-state index is 13.6. The second kappa shape index (κ2) is 11.3. The number of aliphatic hydroxyl groups excluding tert-OH is 1. The van der Waals surface area contributed by atoms with Crippen molar-refractivity contribution in [1.29, 1.82) is 0 Å². The molecule has 1 fully saturated rings. The zero-order chi connectivity index (χ0) is 26.7. The molecule has 3 rings (SSSR count). The zero-order valence-electron chi connectivity index (χ0n) is 19.7. The van der Waals surface area contributed by atoms with Crippen molar-refractivity contribution in [2.24, 2.45) is 0 Å². The first-order valence-electron chi connectivity index (χ1n) is 10.9. The average Bonchev–Trinajstić information content (AvgIpc) is 3.01. The van der Waals surface area contributed by atoms with E-state index in [1.807, 2.05) is 4.98 Å². The number of rotatable bonds is 10. The van der Waals surface area contributed by atoms with Crippen LogP contribution in [0.25, 0.3) is 0 Å². The summed E-state index contributed by atoms with van der Waals surface area (Å²) in [7, 11) is 1.77. The number of carbonyl (C=O) groups excluding carboxylic acids is 1. The highest BCUT2D eigenvalue weighted by atomic mass is 35.5. The van der Waals surface area contributed by atoms with Gasteiger partial charge in [0.1, 0.15) is 25.7 Å². The number of nitrogens with zero attached hydrogens (tertiary/aromatic N) is 1. The summed E-state index contributed by atoms with van der Waals surface area (Å²) in [5.41, 5.74) is -1.52. The van der Waals surface area contributed by atoms with Gasteiger partial charge in [0, 0.05) is 12.3 Å². The highest BCUT2D eigenvalue weighted by Gasteiger charge is 2.53. The monoisotopic (exact) mass is 541 g/mol. The molecule has 12 nitrogen and oxygen atoms in total. The molecule has 1 aromatic heterocycles. The Morgan fingerprint density at radius 1 is 1.31 bits per heavy atom. The van der Waals surface area contributed by atoms with Crippen LogP contribution < -0.4 is 20.9 Å². The highest BCUT2D eigenvalue weighted by molar-refractivity contribution is 7.52. The van der Waals surface area contributed by atoms with Gasteiger partial charge in [0.15, 0.2) is 6.23 Å². The summed E-state index contributed by atoms with van der Waals surface area (Å²) in [6, 6.07) is 8.02. The normalized spacial score (nSPS) is 26.3. The van der Waals surface area contributed by atoms with Crippen molar-refractivity contribution in [3.8, 4) is 5.75 Å². The summed E-state index contributed by atoms with van der Waals surface area (Å²) in [6.45, 7) is 4.17. The van der Waals surface area contributed by atoms with Gasteiger partial charge >= 0.3 is 19.4 Å². The van der Waals surface area contributed by atoms with E-state index in [9.17, 15) is 24.1 Å². The molecule has 0 amide bonds. The number of ether oxygens (including phenoxy) is 2. The van der Waals surface area contributed by atoms with Crippen LogP contribution in [0, 0.1) is 0 Å². The topological polar surface area (TPSA) is 158 Å². The fraction of sp³-hybridized carbons (Fsp3) is 0.476. The number of hydrogen-bond acceptors (Lipinski definition) is 9. The van der Waals surface area contributed by atoms with Crippen molar-refractivity contribution in [2.75, 3.05) is 6.61 Å². The van der Waals surface area contributed by atoms with Crippen LogP contribution in [0.15, 0.2) is 52.2 Å². The summed E-state index contributed by atoms with van der Waals surface area (Å²) in [5, 5.41) is 13.2. The van der Waals surface area contributed by atoms with Crippen LogP contribution in [0.5, 0.6) is 5.75 Å². The van der Waals surface area contributed by atoms with Gasteiger partial charge in [0.25, 0.3) is 5.56 Å². The molecule has 0 spiro atoms. The third-order valence-electron chi connectivity index (χ3n) is 5.03. The third kappa shape index (κ3) is 6.67. The molecule has 2 radical (unpaired) electrons. The van der Waals surface area contributed by atoms with E-state index in [0.717, 1.165) is 16.8 Å². The Labute approximate surface area is 212 Å². The summed E-state index contributed by atoms with van der Waals surface area (Å²) >= 11 is 6.30. The smallest absolute Gasteiger partial charge is 0.459 e. The molecule has 194 valence electrons. The molecule has 0 saturated carbocycles. The minimum atomic E-state index is -4.27. The summed E-state index contributed by atoms with van der Waals surface area (Å²) in [4.78, 5) is 37.9. The minimum Gasteiger partial charge on any atom is -0.462 e. The summed E-state index contributed by atoms with van der Waals surface area (Å²) < 4.78 is 34.3. The van der Waals surface area contributed by atoms with Crippen molar-refractivity contribution in [2.45, 2.75) is 56.1 Å². The number of para-hydroxylation sites is 1. The molecule has 3 N–H and O–H groups in total. The quantitative estimate of drug-likeness (QED) is 0.172. The van der Waals surface area contributed by atoms with E-state index in [1.54, 1.807) is 32.0 Å². The van der Waals surface area contributed by atoms with Gasteiger partial charge in [0.05, 0.1) is 23.6 Å². The summed E-state index contributed by atoms with van der Waals surface area (Å²) in [6.07, 6.45) is -3.58. The lowest BCUT2D eigenvalue weighted by Gasteiger charge is -2.27. The Kier molecular flexibility index (Phi) is 8.86. The minimum absolute atomic E-state index is 0.175. The van der Waals surface area contributed by atoms with Crippen LogP contribution >= 0.6 is 19.3 Å². The molecule has 2 aromatic rings. The zero-order valence-corrected chi connectivity index (χ0v) is 21.3. The molecule has 1 aliphatic heterocycles. The van der Waals surface area contributed by atoms with Gasteiger partial charge in [-0.15, -0.1) is 11.6 Å². The van der Waals surface area contributed by atoms with E-state index >= 15 is 0 Å². The standard InChI is InChI=1S/C21H26BClN3O9P/c1-12(2)33-18(29)13(3)25-36(31,35-14-7-5-4-6-8-14)32-11-15-17(28)21(22,23)19(34-15)26-10-9-16(27)24-20(26)30/h4-10,12-13,15,17,19,28H,11H2,1-3H3,(H,25,31)(H,24,27,30)/t13-,15+,17+,19+,21-,36?/m0/s1. The van der Waals surface area contributed by atoms with Gasteiger partial charge < -0.3 is 19.1 Å². The molecular formula is C21H26BClN3O9P. The molecule has 1 aliphatic rings. The molecule has 1 unspecified atom stereocenters. The van der Waals surface area contributed by atoms with Crippen LogP contribution in [0.1, 0.15) is 27.0 Å². The predicted molar refractivity (Wildman–Crippen MR) is 130 cm³/mol. The van der Waals surface area contributed by atoms with Crippen LogP contribution in [0.2, 0.25) is 0 Å². The van der Waals surface area contributed by atoms with E-state index in [1.165, 1.54) is 19.1 Å². The number of carbonyl (C=O) groups is 1. The van der Waals surface area contributed by atoms with Crippen molar-refractivity contribution in [1.82, 2.24) is 14.6 Å². The number of esters is 1. The maximum atomic E-state index is 13.6. The highest BCUT2D eigenvalue weighted by Crippen LogP contribution is 2.47. The van der Waals surface area contributed by atoms with Gasteiger partial charge in [-0.1, -0.05) is 18.2 Å². The lowest BCUT2D eigenvalue weighted by Crippen LogP contribution is -2.45. The fourth-order valence-electron chi connectivity index (χ4n) is 3.30. The van der Waals surface area contributed by atoms with Gasteiger partial charge in [0.2, 0.25) is 0 Å². The Morgan fingerprint density at radius 2 is 1.97 bits per heavy atom. The Morgan fingerprint density at radius 3 is 2.58 bits per heavy atom. The molecular weight excluding hydrogens is 515 g/mol. The van der Waals surface area contributed by atoms with Crippen LogP contribution in [-0.2, 0) is 23.4 Å². The van der Waals surface area contributed by atoms with Crippen molar-refractivity contribution in [3.05, 3.63) is 63.4 Å². The molecule has 6 atom stereocenters. The van der Waals surface area contributed by atoms with Crippen molar-refractivity contribution >= 4 is 33.2 Å². The van der Waals surface area contributed by atoms with E-state index < -0.39 is 66.9 Å². The Hall–Kier alpha value is -2.41. The maximum Gasteiger partial charge on any atom is 0.459 e. The van der Waals surface area contributed by atoms with Crippen LogP contribution in [0.4, 0.5) is 0 Å². The molecule has 15 heteroatoms. The Balaban J connectivity index is 1.80. The van der Waals surface area contributed by atoms with E-state index in [0.29, 0.717) is 0 Å². The number of aliphatic hydroxyl groups is 1. The van der Waals surface area contributed by atoms with Crippen molar-refractivity contribution < 1.29 is 33.0 Å². The predicted octanol–water partition coefficient (Wildman–Crippen LogP) is 1.03. The number of nitrogens with one attached hydrogen (secondary N) is 2. The van der Waals surface area contributed by atoms with Gasteiger partial charge in [-0.2, -0.15) is 5.09 Å². The van der Waals surface area contributed by atoms with Crippen LogP contribution in [-0.4, -0.2) is 64.2 Å². The number of hydrogen-bond donors (Lipinski definition) is 3. The lowest BCUT2D eigenvalue weighted by atomic mass is 9.79. The Bertz CT molecular complexity index is 1220.